The molecule has 1 aromatic heterocycles. The van der Waals surface area contributed by atoms with Gasteiger partial charge in [-0.05, 0) is 6.42 Å². The number of ether oxygens (including phenoxy) is 1. The van der Waals surface area contributed by atoms with Gasteiger partial charge in [0.05, 0.1) is 6.61 Å². The fourth-order valence-corrected chi connectivity index (χ4v) is 1.21. The minimum atomic E-state index is 0.337. The molecule has 0 saturated carbocycles. The smallest absolute Gasteiger partial charge is 0.216 e. The maximum absolute atomic E-state index is 5.38. The van der Waals surface area contributed by atoms with Crippen molar-refractivity contribution in [2.24, 2.45) is 0 Å². The largest absolute Gasteiger partial charge is 0.381 e. The normalized spacial score (nSPS) is 24.2. The first-order valence-electron chi connectivity index (χ1n) is 3.62. The van der Waals surface area contributed by atoms with Gasteiger partial charge in [-0.15, -0.1) is 0 Å². The number of nitrogens with one attached hydrogen (secondary N) is 1. The number of hydrogen-bond donors (Lipinski definition) is 2. The molecule has 0 bridgehead atoms. The molecule has 0 spiro atoms. The third-order valence-electron chi connectivity index (χ3n) is 1.81. The summed E-state index contributed by atoms with van der Waals surface area (Å²) in [6, 6.07) is 0. The van der Waals surface area contributed by atoms with Crippen LogP contribution in [0.25, 0.3) is 0 Å². The highest BCUT2D eigenvalue weighted by atomic mass is 16.5. The summed E-state index contributed by atoms with van der Waals surface area (Å²) in [5, 5.41) is 6.56. The summed E-state index contributed by atoms with van der Waals surface area (Å²) < 4.78 is 5.19. The molecule has 1 aromatic rings. The van der Waals surface area contributed by atoms with E-state index in [0.717, 1.165) is 25.5 Å². The van der Waals surface area contributed by atoms with Crippen LogP contribution in [0.1, 0.15) is 18.2 Å². The van der Waals surface area contributed by atoms with Crippen LogP contribution in [0.2, 0.25) is 0 Å². The highest BCUT2D eigenvalue weighted by Gasteiger charge is 2.21. The monoisotopic (exact) mass is 154 g/mol. The molecule has 5 heteroatoms. The van der Waals surface area contributed by atoms with Crippen molar-refractivity contribution >= 4 is 5.95 Å². The summed E-state index contributed by atoms with van der Waals surface area (Å²) in [5.74, 6) is 1.50. The predicted octanol–water partition coefficient (Wildman–Crippen LogP) is -0.109. The van der Waals surface area contributed by atoms with Gasteiger partial charge in [0.25, 0.3) is 0 Å². The fourth-order valence-electron chi connectivity index (χ4n) is 1.21. The summed E-state index contributed by atoms with van der Waals surface area (Å²) in [4.78, 5) is 4.02. The van der Waals surface area contributed by atoms with Gasteiger partial charge in [0, 0.05) is 12.5 Å². The molecule has 1 atom stereocenters. The first-order valence-corrected chi connectivity index (χ1v) is 3.62. The summed E-state index contributed by atoms with van der Waals surface area (Å²) >= 11 is 0. The summed E-state index contributed by atoms with van der Waals surface area (Å²) in [6.07, 6.45) is 0.997. The van der Waals surface area contributed by atoms with E-state index in [2.05, 4.69) is 15.2 Å². The van der Waals surface area contributed by atoms with Crippen LogP contribution in [-0.4, -0.2) is 28.4 Å². The Morgan fingerprint density at radius 2 is 2.55 bits per heavy atom. The zero-order valence-electron chi connectivity index (χ0n) is 6.08. The maximum atomic E-state index is 5.38. The van der Waals surface area contributed by atoms with Gasteiger partial charge < -0.3 is 10.5 Å². The number of aromatic amines is 1. The van der Waals surface area contributed by atoms with Crippen molar-refractivity contribution in [3.8, 4) is 0 Å². The Labute approximate surface area is 64.0 Å². The minimum absolute atomic E-state index is 0.337. The van der Waals surface area contributed by atoms with Crippen LogP contribution in [0.15, 0.2) is 0 Å². The van der Waals surface area contributed by atoms with E-state index in [0.29, 0.717) is 11.9 Å². The Bertz CT molecular complexity index is 240. The van der Waals surface area contributed by atoms with Crippen LogP contribution in [0.5, 0.6) is 0 Å². The second-order valence-electron chi connectivity index (χ2n) is 2.64. The topological polar surface area (TPSA) is 76.8 Å². The van der Waals surface area contributed by atoms with Crippen molar-refractivity contribution in [1.82, 2.24) is 15.2 Å². The van der Waals surface area contributed by atoms with E-state index in [4.69, 9.17) is 10.5 Å². The molecule has 3 N–H and O–H groups in total. The molecule has 0 radical (unpaired) electrons. The van der Waals surface area contributed by atoms with Crippen molar-refractivity contribution in [3.63, 3.8) is 0 Å². The number of H-pyrrole nitrogens is 1. The molecule has 60 valence electrons. The lowest BCUT2D eigenvalue weighted by Crippen LogP contribution is -1.99. The third kappa shape index (κ3) is 1.19. The van der Waals surface area contributed by atoms with Crippen LogP contribution in [0.4, 0.5) is 5.95 Å². The summed E-state index contributed by atoms with van der Waals surface area (Å²) in [7, 11) is 0. The molecule has 0 amide bonds. The number of aromatic nitrogens is 3. The van der Waals surface area contributed by atoms with Gasteiger partial charge in [-0.3, -0.25) is 0 Å². The molecular weight excluding hydrogens is 144 g/mol. The van der Waals surface area contributed by atoms with E-state index in [1.165, 1.54) is 0 Å². The van der Waals surface area contributed by atoms with Crippen LogP contribution in [0.3, 0.4) is 0 Å². The van der Waals surface area contributed by atoms with E-state index >= 15 is 0 Å². The number of hydrogen-bond acceptors (Lipinski definition) is 4. The Hall–Kier alpha value is -1.10. The number of nitrogens with two attached hydrogens (primary N) is 1. The minimum Gasteiger partial charge on any atom is -0.381 e. The standard InChI is InChI=1S/C6H10N4O/c7-6-8-5(9-10-6)4-1-2-11-3-4/h4H,1-3H2,(H3,7,8,9,10). The summed E-state index contributed by atoms with van der Waals surface area (Å²) in [5.41, 5.74) is 5.38. The average molecular weight is 154 g/mol. The molecule has 11 heavy (non-hydrogen) atoms. The Kier molecular flexibility index (Phi) is 1.50. The first-order chi connectivity index (χ1) is 5.36. The lowest BCUT2D eigenvalue weighted by Gasteiger charge is -1.97. The molecule has 0 aromatic carbocycles. The number of anilines is 1. The average Bonchev–Trinajstić information content (AvgIpc) is 2.55. The van der Waals surface area contributed by atoms with E-state index in [1.54, 1.807) is 0 Å². The highest BCUT2D eigenvalue weighted by Crippen LogP contribution is 2.21. The fraction of sp³-hybridized carbons (Fsp3) is 0.667. The molecule has 1 unspecified atom stereocenters. The summed E-state index contributed by atoms with van der Waals surface area (Å²) in [6.45, 7) is 1.52. The van der Waals surface area contributed by atoms with Crippen molar-refractivity contribution in [2.45, 2.75) is 12.3 Å². The highest BCUT2D eigenvalue weighted by molar-refractivity contribution is 5.14. The number of rotatable bonds is 1. The lowest BCUT2D eigenvalue weighted by molar-refractivity contribution is 0.193. The molecule has 1 saturated heterocycles. The third-order valence-corrected chi connectivity index (χ3v) is 1.81. The number of nitrogens with zero attached hydrogens (tertiary/aromatic N) is 2. The van der Waals surface area contributed by atoms with Crippen molar-refractivity contribution in [3.05, 3.63) is 5.82 Å². The van der Waals surface area contributed by atoms with Crippen molar-refractivity contribution in [1.29, 1.82) is 0 Å². The van der Waals surface area contributed by atoms with Crippen LogP contribution in [0, 0.1) is 0 Å². The second kappa shape index (κ2) is 2.50. The molecular formula is C6H10N4O. The van der Waals surface area contributed by atoms with E-state index in [9.17, 15) is 0 Å². The first kappa shape index (κ1) is 6.60. The lowest BCUT2D eigenvalue weighted by atomic mass is 10.1. The van der Waals surface area contributed by atoms with Gasteiger partial charge in [-0.1, -0.05) is 0 Å². The molecule has 2 heterocycles. The molecule has 0 aliphatic carbocycles. The maximum Gasteiger partial charge on any atom is 0.216 e. The molecule has 5 nitrogen and oxygen atoms in total. The zero-order chi connectivity index (χ0) is 7.68. The van der Waals surface area contributed by atoms with Gasteiger partial charge in [-0.2, -0.15) is 10.1 Å². The number of nitrogen functional groups attached to an aromatic ring is 1. The molecule has 1 fully saturated rings. The van der Waals surface area contributed by atoms with Crippen LogP contribution >= 0.6 is 0 Å². The Balaban J connectivity index is 2.15. The quantitative estimate of drug-likeness (QED) is 0.591. The molecule has 2 rings (SSSR count). The Morgan fingerprint density at radius 3 is 3.09 bits per heavy atom. The SMILES string of the molecule is Nc1nc(C2CCOC2)n[nH]1. The van der Waals surface area contributed by atoms with Gasteiger partial charge >= 0.3 is 0 Å². The Morgan fingerprint density at radius 1 is 1.64 bits per heavy atom. The zero-order valence-corrected chi connectivity index (χ0v) is 6.08. The van der Waals surface area contributed by atoms with E-state index < -0.39 is 0 Å². The van der Waals surface area contributed by atoms with Gasteiger partial charge in [-0.25, -0.2) is 5.10 Å². The van der Waals surface area contributed by atoms with Crippen molar-refractivity contribution < 1.29 is 4.74 Å². The van der Waals surface area contributed by atoms with Gasteiger partial charge in [0.15, 0.2) is 5.82 Å². The van der Waals surface area contributed by atoms with Crippen molar-refractivity contribution in [2.75, 3.05) is 18.9 Å². The molecule has 1 aliphatic heterocycles. The van der Waals surface area contributed by atoms with Crippen LogP contribution in [-0.2, 0) is 4.74 Å². The molecule has 1 aliphatic rings. The van der Waals surface area contributed by atoms with E-state index in [-0.39, 0.29) is 0 Å². The predicted molar refractivity (Wildman–Crippen MR) is 39.0 cm³/mol. The van der Waals surface area contributed by atoms with Crippen LogP contribution < -0.4 is 5.73 Å². The van der Waals surface area contributed by atoms with Gasteiger partial charge in [0.1, 0.15) is 0 Å². The van der Waals surface area contributed by atoms with Gasteiger partial charge in [0.2, 0.25) is 5.95 Å². The second-order valence-corrected chi connectivity index (χ2v) is 2.64. The van der Waals surface area contributed by atoms with E-state index in [1.807, 2.05) is 0 Å².